The maximum absolute atomic E-state index is 12.8. The van der Waals surface area contributed by atoms with Gasteiger partial charge in [-0.2, -0.15) is 5.10 Å². The Kier molecular flexibility index (Phi) is 3.66. The number of nitrogens with zero attached hydrogens (tertiary/aromatic N) is 4. The Morgan fingerprint density at radius 2 is 2.04 bits per heavy atom. The third-order valence-corrected chi connectivity index (χ3v) is 4.65. The van der Waals surface area contributed by atoms with E-state index >= 15 is 0 Å². The molecule has 1 aromatic carbocycles. The lowest BCUT2D eigenvalue weighted by atomic mass is 10.1. The molecule has 0 unspecified atom stereocenters. The van der Waals surface area contributed by atoms with E-state index < -0.39 is 5.91 Å². The van der Waals surface area contributed by atoms with Crippen LogP contribution in [-0.2, 0) is 7.05 Å². The third-order valence-electron chi connectivity index (χ3n) is 3.77. The molecule has 0 aliphatic heterocycles. The van der Waals surface area contributed by atoms with Gasteiger partial charge in [0.1, 0.15) is 11.2 Å². The molecule has 0 bridgehead atoms. The number of hydrogen-bond acceptors (Lipinski definition) is 5. The minimum absolute atomic E-state index is 0.317. The smallest absolute Gasteiger partial charge is 0.275 e. The molecule has 0 aliphatic carbocycles. The van der Waals surface area contributed by atoms with E-state index in [-0.39, 0.29) is 5.56 Å². The van der Waals surface area contributed by atoms with Gasteiger partial charge in [-0.15, -0.1) is 11.3 Å². The zero-order valence-corrected chi connectivity index (χ0v) is 14.0. The molecule has 1 N–H and O–H groups in total. The van der Waals surface area contributed by atoms with Crippen molar-refractivity contribution >= 4 is 27.5 Å². The van der Waals surface area contributed by atoms with Crippen molar-refractivity contribution in [2.75, 3.05) is 5.43 Å². The van der Waals surface area contributed by atoms with Gasteiger partial charge in [0.25, 0.3) is 11.5 Å². The molecule has 1 amide bonds. The summed E-state index contributed by atoms with van der Waals surface area (Å²) in [6.45, 7) is 0. The first kappa shape index (κ1) is 15.3. The summed E-state index contributed by atoms with van der Waals surface area (Å²) in [5.41, 5.74) is 4.34. The van der Waals surface area contributed by atoms with Crippen LogP contribution in [0.4, 0.5) is 0 Å². The van der Waals surface area contributed by atoms with E-state index in [1.54, 1.807) is 13.2 Å². The van der Waals surface area contributed by atoms with Crippen molar-refractivity contribution < 1.29 is 4.79 Å². The number of amides is 1. The van der Waals surface area contributed by atoms with Crippen molar-refractivity contribution in [2.24, 2.45) is 7.05 Å². The Bertz CT molecular complexity index is 1130. The van der Waals surface area contributed by atoms with Crippen molar-refractivity contribution in [3.05, 3.63) is 70.4 Å². The number of hydrogen-bond donors (Lipinski definition) is 1. The highest BCUT2D eigenvalue weighted by Crippen LogP contribution is 2.30. The number of thiophene rings is 1. The molecule has 124 valence electrons. The monoisotopic (exact) mass is 351 g/mol. The molecular weight excluding hydrogens is 338 g/mol. The summed E-state index contributed by atoms with van der Waals surface area (Å²) in [5, 5.41) is 6.35. The molecule has 3 aromatic heterocycles. The highest BCUT2D eigenvalue weighted by molar-refractivity contribution is 7.17. The van der Waals surface area contributed by atoms with E-state index in [1.165, 1.54) is 28.5 Å². The van der Waals surface area contributed by atoms with Crippen molar-refractivity contribution in [2.45, 2.75) is 0 Å². The largest absolute Gasteiger partial charge is 0.281 e. The number of rotatable bonds is 3. The fraction of sp³-hybridized carbons (Fsp3) is 0.0588. The number of nitrogens with one attached hydrogen (secondary N) is 1. The summed E-state index contributed by atoms with van der Waals surface area (Å²) >= 11 is 1.40. The van der Waals surface area contributed by atoms with Crippen LogP contribution in [-0.4, -0.2) is 25.3 Å². The summed E-state index contributed by atoms with van der Waals surface area (Å²) in [7, 11) is 1.72. The molecule has 0 spiro atoms. The highest BCUT2D eigenvalue weighted by atomic mass is 32.1. The molecule has 7 nitrogen and oxygen atoms in total. The predicted molar refractivity (Wildman–Crippen MR) is 96.2 cm³/mol. The highest BCUT2D eigenvalue weighted by Gasteiger charge is 2.15. The second-order valence-electron chi connectivity index (χ2n) is 5.46. The van der Waals surface area contributed by atoms with Gasteiger partial charge < -0.3 is 0 Å². The van der Waals surface area contributed by atoms with Crippen LogP contribution >= 0.6 is 11.3 Å². The van der Waals surface area contributed by atoms with Crippen LogP contribution in [0.1, 0.15) is 10.4 Å². The second-order valence-corrected chi connectivity index (χ2v) is 6.32. The Balaban J connectivity index is 1.77. The zero-order valence-electron chi connectivity index (χ0n) is 13.2. The number of carbonyl (C=O) groups excluding carboxylic acids is 1. The van der Waals surface area contributed by atoms with Crippen LogP contribution in [0.2, 0.25) is 0 Å². The first-order chi connectivity index (χ1) is 12.1. The molecule has 3 heterocycles. The minimum atomic E-state index is -0.423. The molecule has 0 atom stereocenters. The molecule has 0 radical (unpaired) electrons. The van der Waals surface area contributed by atoms with E-state index in [2.05, 4.69) is 15.5 Å². The van der Waals surface area contributed by atoms with E-state index in [9.17, 15) is 9.59 Å². The Hall–Kier alpha value is -3.26. The Morgan fingerprint density at radius 1 is 1.24 bits per heavy atom. The van der Waals surface area contributed by atoms with Gasteiger partial charge in [-0.25, -0.2) is 9.66 Å². The van der Waals surface area contributed by atoms with Gasteiger partial charge in [0.05, 0.1) is 17.1 Å². The molecule has 0 aliphatic rings. The standard InChI is InChI=1S/C17H13N5O2S/c1-21-8-12(7-19-21)15(23)20-22-10-18-16-14(17(22)24)13(9-25-16)11-5-3-2-4-6-11/h2-10H,1H3,(H,20,23). The Labute approximate surface area is 146 Å². The zero-order chi connectivity index (χ0) is 17.4. The van der Waals surface area contributed by atoms with Gasteiger partial charge in [0, 0.05) is 24.2 Å². The second kappa shape index (κ2) is 5.99. The van der Waals surface area contributed by atoms with Crippen LogP contribution in [0.5, 0.6) is 0 Å². The summed E-state index contributed by atoms with van der Waals surface area (Å²) in [6, 6.07) is 9.62. The molecule has 0 fully saturated rings. The first-order valence-corrected chi connectivity index (χ1v) is 8.36. The van der Waals surface area contributed by atoms with Gasteiger partial charge in [-0.05, 0) is 5.56 Å². The summed E-state index contributed by atoms with van der Waals surface area (Å²) in [6.07, 6.45) is 4.34. The summed E-state index contributed by atoms with van der Waals surface area (Å²) < 4.78 is 2.63. The molecule has 4 aromatic rings. The lowest BCUT2D eigenvalue weighted by Crippen LogP contribution is -2.33. The summed E-state index contributed by atoms with van der Waals surface area (Å²) in [4.78, 5) is 30.0. The first-order valence-electron chi connectivity index (χ1n) is 7.48. The van der Waals surface area contributed by atoms with Gasteiger partial charge >= 0.3 is 0 Å². The molecule has 0 saturated heterocycles. The van der Waals surface area contributed by atoms with Gasteiger partial charge in [-0.3, -0.25) is 19.7 Å². The number of carbonyl (C=O) groups is 1. The molecule has 8 heteroatoms. The predicted octanol–water partition coefficient (Wildman–Crippen LogP) is 2.24. The van der Waals surface area contributed by atoms with E-state index in [4.69, 9.17) is 0 Å². The normalized spacial score (nSPS) is 10.9. The van der Waals surface area contributed by atoms with Crippen molar-refractivity contribution in [3.63, 3.8) is 0 Å². The van der Waals surface area contributed by atoms with Crippen LogP contribution in [0.15, 0.2) is 59.2 Å². The SMILES string of the molecule is Cn1cc(C(=O)Nn2cnc3scc(-c4ccccc4)c3c2=O)cn1. The van der Waals surface area contributed by atoms with Gasteiger partial charge in [-0.1, -0.05) is 30.3 Å². The third kappa shape index (κ3) is 2.72. The number of aryl methyl sites for hydroxylation is 1. The maximum atomic E-state index is 12.8. The van der Waals surface area contributed by atoms with E-state index in [1.807, 2.05) is 35.7 Å². The van der Waals surface area contributed by atoms with Crippen molar-refractivity contribution in [1.29, 1.82) is 0 Å². The number of fused-ring (bicyclic) bond motifs is 1. The van der Waals surface area contributed by atoms with E-state index in [0.29, 0.717) is 15.8 Å². The van der Waals surface area contributed by atoms with Crippen LogP contribution in [0, 0.1) is 0 Å². The van der Waals surface area contributed by atoms with Crippen LogP contribution < -0.4 is 11.0 Å². The average molecular weight is 351 g/mol. The lowest BCUT2D eigenvalue weighted by molar-refractivity contribution is 0.101. The minimum Gasteiger partial charge on any atom is -0.275 e. The van der Waals surface area contributed by atoms with E-state index in [0.717, 1.165) is 15.8 Å². The molecular formula is C17H13N5O2S. The number of benzene rings is 1. The molecule has 4 rings (SSSR count). The van der Waals surface area contributed by atoms with Crippen molar-refractivity contribution in [1.82, 2.24) is 19.4 Å². The topological polar surface area (TPSA) is 81.8 Å². The Morgan fingerprint density at radius 3 is 2.76 bits per heavy atom. The number of aromatic nitrogens is 4. The molecule has 0 saturated carbocycles. The lowest BCUT2D eigenvalue weighted by Gasteiger charge is -2.07. The van der Waals surface area contributed by atoms with Crippen molar-refractivity contribution in [3.8, 4) is 11.1 Å². The van der Waals surface area contributed by atoms with Gasteiger partial charge in [0.2, 0.25) is 0 Å². The quantitative estimate of drug-likeness (QED) is 0.614. The molecule has 25 heavy (non-hydrogen) atoms. The van der Waals surface area contributed by atoms with Gasteiger partial charge in [0.15, 0.2) is 0 Å². The fourth-order valence-electron chi connectivity index (χ4n) is 2.55. The maximum Gasteiger partial charge on any atom is 0.281 e. The summed E-state index contributed by atoms with van der Waals surface area (Å²) in [5.74, 6) is -0.423. The van der Waals surface area contributed by atoms with Crippen LogP contribution in [0.3, 0.4) is 0 Å². The van der Waals surface area contributed by atoms with Crippen LogP contribution in [0.25, 0.3) is 21.3 Å². The average Bonchev–Trinajstić information content (AvgIpc) is 3.25. The fourth-order valence-corrected chi connectivity index (χ4v) is 3.46.